The molecule has 1 heterocycles. The van der Waals surface area contributed by atoms with Gasteiger partial charge in [0.2, 0.25) is 0 Å². The summed E-state index contributed by atoms with van der Waals surface area (Å²) < 4.78 is 10.3. The molecule has 0 aromatic rings. The quantitative estimate of drug-likeness (QED) is 0.427. The van der Waals surface area contributed by atoms with E-state index in [9.17, 15) is 4.79 Å². The third kappa shape index (κ3) is 3.30. The predicted molar refractivity (Wildman–Crippen MR) is 61.1 cm³/mol. The molecule has 0 unspecified atom stereocenters. The number of hydrogen-bond acceptors (Lipinski definition) is 4. The van der Waals surface area contributed by atoms with E-state index in [1.165, 1.54) is 7.11 Å². The first-order valence-electron chi connectivity index (χ1n) is 4.39. The molecular weight excluding hydrogens is 238 g/mol. The molecule has 0 spiro atoms. The molecular formula is C8H13NO4S2. The minimum atomic E-state index is -0.907. The van der Waals surface area contributed by atoms with Gasteiger partial charge in [-0.2, -0.15) is 0 Å². The highest BCUT2D eigenvalue weighted by Crippen LogP contribution is 2.22. The number of hydrogen-bond donors (Lipinski definition) is 2. The second-order valence-electron chi connectivity index (χ2n) is 3.22. The van der Waals surface area contributed by atoms with Gasteiger partial charge < -0.3 is 19.5 Å². The van der Waals surface area contributed by atoms with E-state index < -0.39 is 12.0 Å². The van der Waals surface area contributed by atoms with Crippen LogP contribution in [0.25, 0.3) is 0 Å². The Morgan fingerprint density at radius 2 is 2.40 bits per heavy atom. The zero-order chi connectivity index (χ0) is 11.4. The molecule has 15 heavy (non-hydrogen) atoms. The van der Waals surface area contributed by atoms with Crippen LogP contribution in [-0.4, -0.2) is 52.9 Å². The van der Waals surface area contributed by atoms with E-state index >= 15 is 0 Å². The van der Waals surface area contributed by atoms with Crippen molar-refractivity contribution < 1.29 is 19.4 Å². The zero-order valence-electron chi connectivity index (χ0n) is 8.25. The Morgan fingerprint density at radius 3 is 2.80 bits per heavy atom. The van der Waals surface area contributed by atoms with Gasteiger partial charge in [-0.25, -0.2) is 4.79 Å². The van der Waals surface area contributed by atoms with Crippen molar-refractivity contribution >= 4 is 35.1 Å². The summed E-state index contributed by atoms with van der Waals surface area (Å²) in [5, 5.41) is 8.95. The van der Waals surface area contributed by atoms with Crippen LogP contribution in [0.15, 0.2) is 0 Å². The monoisotopic (exact) mass is 251 g/mol. The average molecular weight is 251 g/mol. The molecule has 0 aromatic heterocycles. The molecule has 0 aromatic carbocycles. The molecule has 2 atom stereocenters. The largest absolute Gasteiger partial charge is 0.480 e. The molecule has 0 saturated carbocycles. The molecule has 1 aliphatic heterocycles. The number of carboxylic acids is 1. The maximum Gasteiger partial charge on any atom is 0.326 e. The SMILES string of the molecule is COCO[C@@H]1C[C@@H](C(=O)O)N(C(=S)S)C1. The maximum atomic E-state index is 10.9. The second-order valence-corrected chi connectivity index (χ2v) is 4.33. The van der Waals surface area contributed by atoms with E-state index in [1.54, 1.807) is 4.90 Å². The lowest BCUT2D eigenvalue weighted by Crippen LogP contribution is -2.37. The fourth-order valence-corrected chi connectivity index (χ4v) is 1.95. The molecule has 0 radical (unpaired) electrons. The van der Waals surface area contributed by atoms with Crippen LogP contribution in [0.4, 0.5) is 0 Å². The number of thiocarbonyl (C=S) groups is 1. The van der Waals surface area contributed by atoms with E-state index in [4.69, 9.17) is 26.8 Å². The molecule has 1 rings (SSSR count). The number of ether oxygens (including phenoxy) is 2. The number of thiol groups is 1. The highest BCUT2D eigenvalue weighted by Gasteiger charge is 2.37. The summed E-state index contributed by atoms with van der Waals surface area (Å²) in [4.78, 5) is 12.5. The van der Waals surface area contributed by atoms with Crippen molar-refractivity contribution in [3.05, 3.63) is 0 Å². The first-order valence-corrected chi connectivity index (χ1v) is 5.24. The summed E-state index contributed by atoms with van der Waals surface area (Å²) in [6, 6.07) is -0.642. The van der Waals surface area contributed by atoms with Crippen LogP contribution in [0.5, 0.6) is 0 Å². The van der Waals surface area contributed by atoms with Gasteiger partial charge in [-0.1, -0.05) is 12.2 Å². The molecule has 0 aliphatic carbocycles. The van der Waals surface area contributed by atoms with Crippen molar-refractivity contribution in [2.24, 2.45) is 0 Å². The molecule has 0 bridgehead atoms. The Morgan fingerprint density at radius 1 is 1.73 bits per heavy atom. The normalized spacial score (nSPS) is 25.6. The van der Waals surface area contributed by atoms with Gasteiger partial charge in [-0.05, 0) is 0 Å². The minimum Gasteiger partial charge on any atom is -0.480 e. The summed E-state index contributed by atoms with van der Waals surface area (Å²) in [6.45, 7) is 0.604. The van der Waals surface area contributed by atoms with Crippen molar-refractivity contribution in [2.75, 3.05) is 20.4 Å². The van der Waals surface area contributed by atoms with Crippen LogP contribution in [-0.2, 0) is 14.3 Å². The van der Waals surface area contributed by atoms with Crippen molar-refractivity contribution in [2.45, 2.75) is 18.6 Å². The second kappa shape index (κ2) is 5.64. The molecule has 1 N–H and O–H groups in total. The number of nitrogens with zero attached hydrogens (tertiary/aromatic N) is 1. The van der Waals surface area contributed by atoms with E-state index in [-0.39, 0.29) is 17.2 Å². The number of carbonyl (C=O) groups is 1. The maximum absolute atomic E-state index is 10.9. The molecule has 0 amide bonds. The Balaban J connectivity index is 2.57. The van der Waals surface area contributed by atoms with Crippen molar-refractivity contribution in [3.8, 4) is 0 Å². The highest BCUT2D eigenvalue weighted by molar-refractivity contribution is 8.10. The Bertz CT molecular complexity index is 239. The number of likely N-dealkylation sites (tertiary alicyclic amines) is 1. The van der Waals surface area contributed by atoms with Crippen molar-refractivity contribution in [1.29, 1.82) is 0 Å². The molecule has 1 saturated heterocycles. The van der Waals surface area contributed by atoms with Crippen molar-refractivity contribution in [1.82, 2.24) is 4.90 Å². The van der Waals surface area contributed by atoms with Crippen LogP contribution in [0.2, 0.25) is 0 Å². The molecule has 1 aliphatic rings. The summed E-state index contributed by atoms with van der Waals surface area (Å²) in [7, 11) is 1.52. The molecule has 86 valence electrons. The average Bonchev–Trinajstić information content (AvgIpc) is 2.58. The lowest BCUT2D eigenvalue weighted by molar-refractivity contribution is -0.141. The lowest BCUT2D eigenvalue weighted by atomic mass is 10.2. The fraction of sp³-hybridized carbons (Fsp3) is 0.750. The first-order chi connectivity index (χ1) is 7.06. The summed E-state index contributed by atoms with van der Waals surface area (Å²) >= 11 is 8.84. The smallest absolute Gasteiger partial charge is 0.326 e. The van der Waals surface area contributed by atoms with E-state index in [0.717, 1.165) is 0 Å². The van der Waals surface area contributed by atoms with Crippen LogP contribution in [0.3, 0.4) is 0 Å². The third-order valence-corrected chi connectivity index (χ3v) is 2.71. The Kier molecular flexibility index (Phi) is 4.78. The van der Waals surface area contributed by atoms with Gasteiger partial charge in [0.25, 0.3) is 0 Å². The highest BCUT2D eigenvalue weighted by atomic mass is 32.1. The molecule has 1 fully saturated rings. The van der Waals surface area contributed by atoms with Gasteiger partial charge in [0.1, 0.15) is 17.2 Å². The standard InChI is InChI=1S/C8H13NO4S2/c1-12-4-13-5-2-6(7(10)11)9(3-5)8(14)15/h5-6H,2-4H2,1H3,(H,10,11)(H,14,15)/t5-,6+/m1/s1. The predicted octanol–water partition coefficient (Wildman–Crippen LogP) is 0.349. The van der Waals surface area contributed by atoms with Gasteiger partial charge in [-0.15, -0.1) is 12.6 Å². The van der Waals surface area contributed by atoms with Gasteiger partial charge >= 0.3 is 5.97 Å². The Hall–Kier alpha value is -0.370. The fourth-order valence-electron chi connectivity index (χ4n) is 1.53. The summed E-state index contributed by atoms with van der Waals surface area (Å²) in [6.07, 6.45) is 0.232. The van der Waals surface area contributed by atoms with Crippen LogP contribution in [0, 0.1) is 0 Å². The van der Waals surface area contributed by atoms with Gasteiger partial charge in [0.15, 0.2) is 0 Å². The number of methoxy groups -OCH3 is 1. The zero-order valence-corrected chi connectivity index (χ0v) is 9.96. The topological polar surface area (TPSA) is 59.0 Å². The third-order valence-electron chi connectivity index (χ3n) is 2.22. The summed E-state index contributed by atoms with van der Waals surface area (Å²) in [5.41, 5.74) is 0. The van der Waals surface area contributed by atoms with E-state index in [2.05, 4.69) is 12.6 Å². The number of rotatable bonds is 4. The van der Waals surface area contributed by atoms with Crippen LogP contribution in [0.1, 0.15) is 6.42 Å². The van der Waals surface area contributed by atoms with E-state index in [1.807, 2.05) is 0 Å². The number of carboxylic acid groups (broad SMARTS) is 1. The number of aliphatic carboxylic acids is 1. The van der Waals surface area contributed by atoms with Crippen LogP contribution >= 0.6 is 24.8 Å². The van der Waals surface area contributed by atoms with Crippen LogP contribution < -0.4 is 0 Å². The Labute approximate surface area is 98.7 Å². The lowest BCUT2D eigenvalue weighted by Gasteiger charge is -2.20. The molecule has 5 nitrogen and oxygen atoms in total. The summed E-state index contributed by atoms with van der Waals surface area (Å²) in [5.74, 6) is -0.907. The van der Waals surface area contributed by atoms with Crippen molar-refractivity contribution in [3.63, 3.8) is 0 Å². The van der Waals surface area contributed by atoms with Gasteiger partial charge in [0.05, 0.1) is 6.10 Å². The van der Waals surface area contributed by atoms with E-state index in [0.29, 0.717) is 13.0 Å². The first kappa shape index (κ1) is 12.7. The molecule has 7 heteroatoms. The minimum absolute atomic E-state index is 0.157. The van der Waals surface area contributed by atoms with Gasteiger partial charge in [-0.3, -0.25) is 0 Å². The van der Waals surface area contributed by atoms with Gasteiger partial charge in [0, 0.05) is 20.1 Å².